The van der Waals surface area contributed by atoms with Gasteiger partial charge in [-0.1, -0.05) is 17.9 Å². The standard InChI is InChI=1S/C15H18O4S/c1-4-19-15(16)10-6-8-13-7-5-9-14(11-13)20(17,18)12(2)3/h5,7,9,11-12H,4,10H2,1-3H3. The van der Waals surface area contributed by atoms with Crippen LogP contribution in [0, 0.1) is 11.8 Å². The van der Waals surface area contributed by atoms with Gasteiger partial charge in [-0.05, 0) is 39.0 Å². The lowest BCUT2D eigenvalue weighted by atomic mass is 10.2. The van der Waals surface area contributed by atoms with Crippen LogP contribution in [0.5, 0.6) is 0 Å². The highest BCUT2D eigenvalue weighted by molar-refractivity contribution is 7.92. The van der Waals surface area contributed by atoms with E-state index in [4.69, 9.17) is 4.74 Å². The summed E-state index contributed by atoms with van der Waals surface area (Å²) in [6, 6.07) is 6.42. The summed E-state index contributed by atoms with van der Waals surface area (Å²) in [4.78, 5) is 11.4. The Morgan fingerprint density at radius 1 is 1.35 bits per heavy atom. The van der Waals surface area contributed by atoms with E-state index < -0.39 is 15.1 Å². The molecule has 0 amide bonds. The van der Waals surface area contributed by atoms with Crippen molar-refractivity contribution < 1.29 is 17.9 Å². The molecule has 0 saturated heterocycles. The van der Waals surface area contributed by atoms with E-state index >= 15 is 0 Å². The third-order valence-electron chi connectivity index (χ3n) is 2.55. The number of ether oxygens (including phenoxy) is 1. The fourth-order valence-corrected chi connectivity index (χ4v) is 2.56. The van der Waals surface area contributed by atoms with Crippen LogP contribution in [0.4, 0.5) is 0 Å². The lowest BCUT2D eigenvalue weighted by molar-refractivity contribution is -0.141. The number of rotatable bonds is 4. The van der Waals surface area contributed by atoms with Crippen molar-refractivity contribution in [2.75, 3.05) is 6.61 Å². The van der Waals surface area contributed by atoms with Crippen molar-refractivity contribution in [2.24, 2.45) is 0 Å². The van der Waals surface area contributed by atoms with Gasteiger partial charge in [-0.15, -0.1) is 0 Å². The molecule has 0 fully saturated rings. The van der Waals surface area contributed by atoms with Gasteiger partial charge in [0.15, 0.2) is 9.84 Å². The van der Waals surface area contributed by atoms with E-state index in [0.29, 0.717) is 12.2 Å². The Bertz CT molecular complexity index is 633. The molecular formula is C15H18O4S. The van der Waals surface area contributed by atoms with Crippen molar-refractivity contribution in [1.29, 1.82) is 0 Å². The molecule has 0 bridgehead atoms. The molecule has 0 aliphatic heterocycles. The summed E-state index contributed by atoms with van der Waals surface area (Å²) in [6.07, 6.45) is -0.00496. The van der Waals surface area contributed by atoms with E-state index in [-0.39, 0.29) is 17.3 Å². The summed E-state index contributed by atoms with van der Waals surface area (Å²) in [5.41, 5.74) is 0.566. The van der Waals surface area contributed by atoms with Gasteiger partial charge >= 0.3 is 5.97 Å². The molecule has 0 aliphatic rings. The van der Waals surface area contributed by atoms with Gasteiger partial charge in [-0.25, -0.2) is 8.42 Å². The highest BCUT2D eigenvalue weighted by Gasteiger charge is 2.18. The maximum absolute atomic E-state index is 12.0. The normalized spacial score (nSPS) is 10.8. The summed E-state index contributed by atoms with van der Waals surface area (Å²) in [5.74, 6) is 5.06. The van der Waals surface area contributed by atoms with Crippen LogP contribution in [0.3, 0.4) is 0 Å². The fourth-order valence-electron chi connectivity index (χ4n) is 1.45. The SMILES string of the molecule is CCOC(=O)CC#Cc1cccc(S(=O)(=O)C(C)C)c1. The minimum Gasteiger partial charge on any atom is -0.465 e. The Balaban J connectivity index is 2.90. The predicted molar refractivity (Wildman–Crippen MR) is 76.9 cm³/mol. The first-order chi connectivity index (χ1) is 9.37. The van der Waals surface area contributed by atoms with Gasteiger partial charge in [0.2, 0.25) is 0 Å². The van der Waals surface area contributed by atoms with Crippen molar-refractivity contribution in [3.8, 4) is 11.8 Å². The van der Waals surface area contributed by atoms with Crippen LogP contribution in [-0.2, 0) is 19.4 Å². The van der Waals surface area contributed by atoms with E-state index in [1.165, 1.54) is 6.07 Å². The lowest BCUT2D eigenvalue weighted by Crippen LogP contribution is -2.13. The number of benzene rings is 1. The Morgan fingerprint density at radius 3 is 2.65 bits per heavy atom. The molecule has 0 heterocycles. The molecule has 108 valence electrons. The first kappa shape index (κ1) is 16.3. The largest absolute Gasteiger partial charge is 0.465 e. The quantitative estimate of drug-likeness (QED) is 0.631. The second-order valence-electron chi connectivity index (χ2n) is 4.41. The first-order valence-corrected chi connectivity index (χ1v) is 7.91. The van der Waals surface area contributed by atoms with Crippen molar-refractivity contribution in [1.82, 2.24) is 0 Å². The van der Waals surface area contributed by atoms with Gasteiger partial charge in [0.05, 0.1) is 16.8 Å². The zero-order valence-corrected chi connectivity index (χ0v) is 12.7. The van der Waals surface area contributed by atoms with Crippen LogP contribution in [0.2, 0.25) is 0 Å². The van der Waals surface area contributed by atoms with Crippen LogP contribution in [0.1, 0.15) is 32.8 Å². The average molecular weight is 294 g/mol. The molecule has 20 heavy (non-hydrogen) atoms. The van der Waals surface area contributed by atoms with E-state index in [9.17, 15) is 13.2 Å². The Kier molecular flexibility index (Phi) is 5.78. The average Bonchev–Trinajstić information content (AvgIpc) is 2.39. The highest BCUT2D eigenvalue weighted by Crippen LogP contribution is 2.16. The second kappa shape index (κ2) is 7.11. The molecule has 1 aromatic rings. The van der Waals surface area contributed by atoms with Crippen LogP contribution in [0.25, 0.3) is 0 Å². The maximum Gasteiger partial charge on any atom is 0.317 e. The molecular weight excluding hydrogens is 276 g/mol. The number of carbonyl (C=O) groups excluding carboxylic acids is 1. The number of esters is 1. The number of hydrogen-bond donors (Lipinski definition) is 0. The molecule has 1 rings (SSSR count). The van der Waals surface area contributed by atoms with Crippen LogP contribution in [-0.4, -0.2) is 26.2 Å². The minimum atomic E-state index is -3.31. The third-order valence-corrected chi connectivity index (χ3v) is 4.71. The molecule has 0 N–H and O–H groups in total. The Labute approximate surface area is 120 Å². The summed E-state index contributed by atoms with van der Waals surface area (Å²) < 4.78 is 28.8. The number of hydrogen-bond acceptors (Lipinski definition) is 4. The topological polar surface area (TPSA) is 60.4 Å². The highest BCUT2D eigenvalue weighted by atomic mass is 32.2. The molecule has 0 radical (unpaired) electrons. The minimum absolute atomic E-state index is 0.00496. The summed E-state index contributed by atoms with van der Waals surface area (Å²) in [7, 11) is -3.31. The van der Waals surface area contributed by atoms with Crippen LogP contribution < -0.4 is 0 Å². The smallest absolute Gasteiger partial charge is 0.317 e. The van der Waals surface area contributed by atoms with Gasteiger partial charge < -0.3 is 4.74 Å². The molecule has 4 nitrogen and oxygen atoms in total. The molecule has 1 aromatic carbocycles. The van der Waals surface area contributed by atoms with Gasteiger partial charge in [-0.2, -0.15) is 0 Å². The Hall–Kier alpha value is -1.80. The summed E-state index contributed by atoms with van der Waals surface area (Å²) >= 11 is 0. The molecule has 0 aliphatic carbocycles. The van der Waals surface area contributed by atoms with E-state index in [0.717, 1.165) is 0 Å². The maximum atomic E-state index is 12.0. The van der Waals surface area contributed by atoms with Gasteiger partial charge in [0.25, 0.3) is 0 Å². The van der Waals surface area contributed by atoms with E-state index in [1.54, 1.807) is 39.0 Å². The van der Waals surface area contributed by atoms with Gasteiger partial charge in [0.1, 0.15) is 6.42 Å². The third kappa shape index (κ3) is 4.39. The summed E-state index contributed by atoms with van der Waals surface area (Å²) in [6.45, 7) is 5.32. The van der Waals surface area contributed by atoms with E-state index in [2.05, 4.69) is 11.8 Å². The Morgan fingerprint density at radius 2 is 2.05 bits per heavy atom. The van der Waals surface area contributed by atoms with Crippen LogP contribution in [0.15, 0.2) is 29.2 Å². The molecule has 0 atom stereocenters. The van der Waals surface area contributed by atoms with Gasteiger partial charge in [0, 0.05) is 5.56 Å². The molecule has 0 saturated carbocycles. The van der Waals surface area contributed by atoms with Crippen molar-refractivity contribution in [2.45, 2.75) is 37.3 Å². The zero-order valence-electron chi connectivity index (χ0n) is 11.8. The number of sulfone groups is 1. The van der Waals surface area contributed by atoms with Crippen molar-refractivity contribution in [3.63, 3.8) is 0 Å². The second-order valence-corrected chi connectivity index (χ2v) is 6.91. The summed E-state index contributed by atoms with van der Waals surface area (Å²) in [5, 5.41) is -0.481. The first-order valence-electron chi connectivity index (χ1n) is 6.36. The lowest BCUT2D eigenvalue weighted by Gasteiger charge is -2.07. The molecule has 5 heteroatoms. The monoisotopic (exact) mass is 294 g/mol. The van der Waals surface area contributed by atoms with Crippen LogP contribution >= 0.6 is 0 Å². The van der Waals surface area contributed by atoms with E-state index in [1.807, 2.05) is 0 Å². The molecule has 0 spiro atoms. The zero-order chi connectivity index (χ0) is 15.2. The number of carbonyl (C=O) groups is 1. The van der Waals surface area contributed by atoms with Gasteiger partial charge in [-0.3, -0.25) is 4.79 Å². The van der Waals surface area contributed by atoms with Crippen molar-refractivity contribution >= 4 is 15.8 Å². The predicted octanol–water partition coefficient (Wildman–Crippen LogP) is 2.17. The molecule has 0 aromatic heterocycles. The fraction of sp³-hybridized carbons (Fsp3) is 0.400. The molecule has 0 unspecified atom stereocenters. The van der Waals surface area contributed by atoms with Crippen molar-refractivity contribution in [3.05, 3.63) is 29.8 Å².